The van der Waals surface area contributed by atoms with Gasteiger partial charge in [0.2, 0.25) is 5.89 Å². The van der Waals surface area contributed by atoms with Crippen LogP contribution in [-0.4, -0.2) is 52.3 Å². The van der Waals surface area contributed by atoms with Crippen LogP contribution in [0.25, 0.3) is 0 Å². The Hall–Kier alpha value is -2.94. The Morgan fingerprint density at radius 2 is 2.04 bits per heavy atom. The monoisotopic (exact) mass is 390 g/mol. The van der Waals surface area contributed by atoms with Gasteiger partial charge >= 0.3 is 12.0 Å². The van der Waals surface area contributed by atoms with E-state index >= 15 is 0 Å². The van der Waals surface area contributed by atoms with E-state index in [1.165, 1.54) is 4.90 Å². The van der Waals surface area contributed by atoms with Crippen molar-refractivity contribution in [3.8, 4) is 0 Å². The van der Waals surface area contributed by atoms with Crippen molar-refractivity contribution in [3.05, 3.63) is 47.6 Å². The summed E-state index contributed by atoms with van der Waals surface area (Å²) in [4.78, 5) is 29.1. The lowest BCUT2D eigenvalue weighted by atomic mass is 10.0. The molecule has 0 aliphatic heterocycles. The number of benzene rings is 1. The van der Waals surface area contributed by atoms with Gasteiger partial charge in [0.15, 0.2) is 5.82 Å². The van der Waals surface area contributed by atoms with E-state index in [1.807, 2.05) is 30.3 Å². The molecule has 2 N–H and O–H groups in total. The predicted molar refractivity (Wildman–Crippen MR) is 101 cm³/mol. The van der Waals surface area contributed by atoms with Gasteiger partial charge in [-0.05, 0) is 25.3 Å². The maximum absolute atomic E-state index is 12.5. The van der Waals surface area contributed by atoms with E-state index < -0.39 is 5.97 Å². The maximum Gasteiger partial charge on any atom is 0.317 e. The number of rotatable bonds is 10. The molecule has 0 radical (unpaired) electrons. The molecule has 2 atom stereocenters. The highest BCUT2D eigenvalue weighted by atomic mass is 16.5. The van der Waals surface area contributed by atoms with Gasteiger partial charge in [0, 0.05) is 26.6 Å². The lowest BCUT2D eigenvalue weighted by Gasteiger charge is -2.22. The molecular formula is C19H26N4O5. The van der Waals surface area contributed by atoms with Crippen molar-refractivity contribution in [2.24, 2.45) is 0 Å². The van der Waals surface area contributed by atoms with Gasteiger partial charge < -0.3 is 24.6 Å². The molecule has 1 aromatic heterocycles. The zero-order valence-electron chi connectivity index (χ0n) is 16.3. The number of methoxy groups -OCH3 is 1. The Labute approximate surface area is 163 Å². The van der Waals surface area contributed by atoms with Crippen LogP contribution in [0.4, 0.5) is 4.79 Å². The summed E-state index contributed by atoms with van der Waals surface area (Å²) in [6.45, 7) is 1.92. The number of ether oxygens (including phenoxy) is 1. The van der Waals surface area contributed by atoms with Gasteiger partial charge in [-0.3, -0.25) is 4.79 Å². The zero-order valence-corrected chi connectivity index (χ0v) is 16.3. The number of amides is 2. The number of carboxylic acids is 1. The summed E-state index contributed by atoms with van der Waals surface area (Å²) in [5.41, 5.74) is 1.02. The average molecular weight is 390 g/mol. The molecule has 0 aliphatic carbocycles. The molecule has 1 heterocycles. The highest BCUT2D eigenvalue weighted by Gasteiger charge is 2.20. The van der Waals surface area contributed by atoms with E-state index in [9.17, 15) is 9.59 Å². The summed E-state index contributed by atoms with van der Waals surface area (Å²) >= 11 is 0. The van der Waals surface area contributed by atoms with Gasteiger partial charge in [0.1, 0.15) is 12.6 Å². The number of carbonyl (C=O) groups is 2. The summed E-state index contributed by atoms with van der Waals surface area (Å²) in [6.07, 6.45) is 0.551. The van der Waals surface area contributed by atoms with Gasteiger partial charge in [0.05, 0.1) is 0 Å². The number of hydrogen-bond acceptors (Lipinski definition) is 6. The van der Waals surface area contributed by atoms with Gasteiger partial charge in [-0.2, -0.15) is 4.98 Å². The Kier molecular flexibility index (Phi) is 7.94. The molecular weight excluding hydrogens is 364 g/mol. The lowest BCUT2D eigenvalue weighted by molar-refractivity contribution is -0.137. The van der Waals surface area contributed by atoms with E-state index in [1.54, 1.807) is 21.1 Å². The number of urea groups is 1. The summed E-state index contributed by atoms with van der Waals surface area (Å²) in [5.74, 6) is -0.192. The number of nitrogens with zero attached hydrogens (tertiary/aromatic N) is 3. The summed E-state index contributed by atoms with van der Waals surface area (Å²) in [5, 5.41) is 15.7. The first-order valence-corrected chi connectivity index (χ1v) is 9.01. The Bertz CT molecular complexity index is 765. The van der Waals surface area contributed by atoms with Crippen molar-refractivity contribution in [2.45, 2.75) is 44.9 Å². The van der Waals surface area contributed by atoms with Crippen molar-refractivity contribution in [2.75, 3.05) is 14.2 Å². The van der Waals surface area contributed by atoms with Crippen LogP contribution in [0.2, 0.25) is 0 Å². The minimum absolute atomic E-state index is 0.0244. The fourth-order valence-electron chi connectivity index (χ4n) is 2.58. The minimum atomic E-state index is -0.897. The second-order valence-electron chi connectivity index (χ2n) is 6.55. The van der Waals surface area contributed by atoms with Crippen molar-refractivity contribution in [1.29, 1.82) is 0 Å². The smallest absolute Gasteiger partial charge is 0.317 e. The SMILES string of the molecule is COC(C)c1noc(CN(C)C(=O)NC(CCC(=O)O)Cc2ccccc2)n1. The maximum atomic E-state index is 12.5. The molecule has 9 heteroatoms. The van der Waals surface area contributed by atoms with E-state index in [0.29, 0.717) is 24.6 Å². The topological polar surface area (TPSA) is 118 Å². The molecule has 2 amide bonds. The molecule has 2 unspecified atom stereocenters. The third-order valence-corrected chi connectivity index (χ3v) is 4.28. The number of nitrogens with one attached hydrogen (secondary N) is 1. The average Bonchev–Trinajstić information content (AvgIpc) is 3.14. The highest BCUT2D eigenvalue weighted by molar-refractivity contribution is 5.74. The van der Waals surface area contributed by atoms with Gasteiger partial charge in [-0.25, -0.2) is 4.79 Å². The molecule has 1 aromatic carbocycles. The summed E-state index contributed by atoms with van der Waals surface area (Å²) < 4.78 is 10.3. The van der Waals surface area contributed by atoms with E-state index in [4.69, 9.17) is 14.4 Å². The number of aromatic nitrogens is 2. The van der Waals surface area contributed by atoms with E-state index in [-0.39, 0.29) is 31.1 Å². The molecule has 0 saturated carbocycles. The fraction of sp³-hybridized carbons (Fsp3) is 0.474. The van der Waals surface area contributed by atoms with Gasteiger partial charge in [0.25, 0.3) is 0 Å². The first-order valence-electron chi connectivity index (χ1n) is 9.01. The highest BCUT2D eigenvalue weighted by Crippen LogP contribution is 2.13. The standard InChI is InChI=1S/C19H26N4O5/c1-13(27-3)18-21-16(28-22-18)12-23(2)19(26)20-15(9-10-17(24)25)11-14-7-5-4-6-8-14/h4-8,13,15H,9-12H2,1-3H3,(H,20,26)(H,24,25). The number of hydrogen-bond donors (Lipinski definition) is 2. The van der Waals surface area contributed by atoms with Crippen LogP contribution in [-0.2, 0) is 22.5 Å². The van der Waals surface area contributed by atoms with Crippen molar-refractivity contribution in [3.63, 3.8) is 0 Å². The van der Waals surface area contributed by atoms with Gasteiger partial charge in [-0.15, -0.1) is 0 Å². The van der Waals surface area contributed by atoms with Crippen molar-refractivity contribution < 1.29 is 24.0 Å². The number of carboxylic acid groups (broad SMARTS) is 1. The minimum Gasteiger partial charge on any atom is -0.481 e. The van der Waals surface area contributed by atoms with Crippen LogP contribution < -0.4 is 5.32 Å². The van der Waals surface area contributed by atoms with Crippen molar-refractivity contribution in [1.82, 2.24) is 20.4 Å². The van der Waals surface area contributed by atoms with E-state index in [2.05, 4.69) is 15.5 Å². The van der Waals surface area contributed by atoms with Crippen LogP contribution in [0.5, 0.6) is 0 Å². The normalized spacial score (nSPS) is 13.0. The fourth-order valence-corrected chi connectivity index (χ4v) is 2.58. The molecule has 152 valence electrons. The first-order chi connectivity index (χ1) is 13.4. The molecule has 0 aliphatic rings. The third-order valence-electron chi connectivity index (χ3n) is 4.28. The second-order valence-corrected chi connectivity index (χ2v) is 6.55. The molecule has 2 rings (SSSR count). The Morgan fingerprint density at radius 3 is 2.68 bits per heavy atom. The summed E-state index contributed by atoms with van der Waals surface area (Å²) in [7, 11) is 3.15. The molecule has 0 fully saturated rings. The molecule has 0 spiro atoms. The molecule has 9 nitrogen and oxygen atoms in total. The Morgan fingerprint density at radius 1 is 1.32 bits per heavy atom. The third kappa shape index (κ3) is 6.66. The van der Waals surface area contributed by atoms with Gasteiger partial charge in [-0.1, -0.05) is 35.5 Å². The largest absolute Gasteiger partial charge is 0.481 e. The number of aliphatic carboxylic acids is 1. The van der Waals surface area contributed by atoms with Crippen LogP contribution in [0.15, 0.2) is 34.9 Å². The molecule has 0 saturated heterocycles. The Balaban J connectivity index is 1.96. The molecule has 28 heavy (non-hydrogen) atoms. The second kappa shape index (κ2) is 10.4. The van der Waals surface area contributed by atoms with E-state index in [0.717, 1.165) is 5.56 Å². The lowest BCUT2D eigenvalue weighted by Crippen LogP contribution is -2.44. The molecule has 0 bridgehead atoms. The van der Waals surface area contributed by atoms with Crippen molar-refractivity contribution >= 4 is 12.0 Å². The first kappa shape index (κ1) is 21.4. The molecule has 2 aromatic rings. The summed E-state index contributed by atoms with van der Waals surface area (Å²) in [6, 6.07) is 8.97. The van der Waals surface area contributed by atoms with Crippen LogP contribution in [0.3, 0.4) is 0 Å². The predicted octanol–water partition coefficient (Wildman–Crippen LogP) is 2.39. The van der Waals surface area contributed by atoms with Crippen LogP contribution >= 0.6 is 0 Å². The quantitative estimate of drug-likeness (QED) is 0.639. The van der Waals surface area contributed by atoms with Crippen LogP contribution in [0, 0.1) is 0 Å². The van der Waals surface area contributed by atoms with Crippen LogP contribution in [0.1, 0.15) is 43.1 Å². The number of carbonyl (C=O) groups excluding carboxylic acids is 1. The zero-order chi connectivity index (χ0) is 20.5.